The third-order valence-corrected chi connectivity index (χ3v) is 6.18. The van der Waals surface area contributed by atoms with Crippen LogP contribution in [-0.4, -0.2) is 44.1 Å². The molecule has 166 valence electrons. The van der Waals surface area contributed by atoms with Crippen LogP contribution >= 0.6 is 0 Å². The SMILES string of the molecule is CCCNc1ncc(CN2CCC(Cc3ccccc3)CC2)c2nc(-c3ccco3)nn12. The molecule has 1 N–H and O–H groups in total. The number of nitrogens with zero attached hydrogens (tertiary/aromatic N) is 5. The minimum absolute atomic E-state index is 0.588. The molecular formula is C25H30N6O. The van der Waals surface area contributed by atoms with Gasteiger partial charge in [0.15, 0.2) is 11.4 Å². The fraction of sp³-hybridized carbons (Fsp3) is 0.400. The Morgan fingerprint density at radius 3 is 2.69 bits per heavy atom. The van der Waals surface area contributed by atoms with Gasteiger partial charge in [-0.25, -0.2) is 9.97 Å². The van der Waals surface area contributed by atoms with Gasteiger partial charge in [-0.2, -0.15) is 4.52 Å². The van der Waals surface area contributed by atoms with Crippen LogP contribution in [0.15, 0.2) is 59.3 Å². The first-order chi connectivity index (χ1) is 15.8. The number of benzene rings is 1. The number of rotatable bonds is 8. The maximum absolute atomic E-state index is 5.53. The number of anilines is 1. The molecule has 0 bridgehead atoms. The summed E-state index contributed by atoms with van der Waals surface area (Å²) in [5, 5.41) is 8.05. The van der Waals surface area contributed by atoms with E-state index in [4.69, 9.17) is 9.40 Å². The smallest absolute Gasteiger partial charge is 0.225 e. The first-order valence-corrected chi connectivity index (χ1v) is 11.6. The monoisotopic (exact) mass is 430 g/mol. The molecule has 0 unspecified atom stereocenters. The highest BCUT2D eigenvalue weighted by molar-refractivity contribution is 5.57. The lowest BCUT2D eigenvalue weighted by Crippen LogP contribution is -2.34. The fourth-order valence-electron chi connectivity index (χ4n) is 4.44. The van der Waals surface area contributed by atoms with E-state index in [9.17, 15) is 0 Å². The number of nitrogens with one attached hydrogen (secondary N) is 1. The molecule has 1 fully saturated rings. The highest BCUT2D eigenvalue weighted by atomic mass is 16.3. The molecular weight excluding hydrogens is 400 g/mol. The average molecular weight is 431 g/mol. The molecule has 1 aromatic carbocycles. The van der Waals surface area contributed by atoms with Crippen molar-refractivity contribution >= 4 is 11.6 Å². The van der Waals surface area contributed by atoms with Crippen LogP contribution in [0.2, 0.25) is 0 Å². The highest BCUT2D eigenvalue weighted by Gasteiger charge is 2.22. The summed E-state index contributed by atoms with van der Waals surface area (Å²) < 4.78 is 7.36. The second kappa shape index (κ2) is 9.53. The van der Waals surface area contributed by atoms with Gasteiger partial charge in [0.2, 0.25) is 11.8 Å². The van der Waals surface area contributed by atoms with E-state index in [1.54, 1.807) is 6.26 Å². The summed E-state index contributed by atoms with van der Waals surface area (Å²) in [5.74, 6) is 2.73. The maximum atomic E-state index is 5.53. The summed E-state index contributed by atoms with van der Waals surface area (Å²) in [6.07, 6.45) is 8.23. The van der Waals surface area contributed by atoms with Crippen LogP contribution in [0.4, 0.5) is 5.95 Å². The molecule has 3 aromatic heterocycles. The fourth-order valence-corrected chi connectivity index (χ4v) is 4.44. The highest BCUT2D eigenvalue weighted by Crippen LogP contribution is 2.25. The molecule has 1 aliphatic rings. The summed E-state index contributed by atoms with van der Waals surface area (Å²) in [7, 11) is 0. The third kappa shape index (κ3) is 4.53. The molecule has 1 aliphatic heterocycles. The van der Waals surface area contributed by atoms with Crippen LogP contribution in [0.3, 0.4) is 0 Å². The normalized spacial score (nSPS) is 15.4. The quantitative estimate of drug-likeness (QED) is 0.438. The largest absolute Gasteiger partial charge is 0.461 e. The van der Waals surface area contributed by atoms with Gasteiger partial charge in [0.25, 0.3) is 0 Å². The zero-order valence-electron chi connectivity index (χ0n) is 18.6. The van der Waals surface area contributed by atoms with Crippen LogP contribution in [0.1, 0.15) is 37.3 Å². The standard InChI is InChI=1S/C25H30N6O/c1-2-12-26-25-27-17-21(24-28-23(29-31(24)25)22-9-6-15-32-22)18-30-13-10-20(11-14-30)16-19-7-4-3-5-8-19/h3-9,15,17,20H,2,10-14,16,18H2,1H3,(H,26,27). The number of piperidine rings is 1. The van der Waals surface area contributed by atoms with Crippen molar-refractivity contribution in [3.63, 3.8) is 0 Å². The number of fused-ring (bicyclic) bond motifs is 1. The Morgan fingerprint density at radius 1 is 1.09 bits per heavy atom. The van der Waals surface area contributed by atoms with E-state index in [1.807, 2.05) is 22.8 Å². The molecule has 1 saturated heterocycles. The van der Waals surface area contributed by atoms with Crippen LogP contribution < -0.4 is 5.32 Å². The number of likely N-dealkylation sites (tertiary alicyclic amines) is 1. The number of aromatic nitrogens is 4. The van der Waals surface area contributed by atoms with Gasteiger partial charge in [-0.15, -0.1) is 5.10 Å². The van der Waals surface area contributed by atoms with Crippen LogP contribution in [0.5, 0.6) is 0 Å². The van der Waals surface area contributed by atoms with Crippen molar-refractivity contribution in [1.82, 2.24) is 24.5 Å². The zero-order valence-corrected chi connectivity index (χ0v) is 18.6. The Bertz CT molecular complexity index is 1130. The van der Waals surface area contributed by atoms with E-state index in [-0.39, 0.29) is 0 Å². The first kappa shape index (κ1) is 20.7. The van der Waals surface area contributed by atoms with Crippen molar-refractivity contribution in [3.05, 3.63) is 66.1 Å². The van der Waals surface area contributed by atoms with E-state index < -0.39 is 0 Å². The summed E-state index contributed by atoms with van der Waals surface area (Å²) in [5.41, 5.74) is 3.39. The van der Waals surface area contributed by atoms with Crippen molar-refractivity contribution in [1.29, 1.82) is 0 Å². The maximum Gasteiger partial charge on any atom is 0.225 e. The predicted octanol–water partition coefficient (Wildman–Crippen LogP) is 4.66. The topological polar surface area (TPSA) is 71.5 Å². The van der Waals surface area contributed by atoms with Crippen molar-refractivity contribution in [2.24, 2.45) is 5.92 Å². The minimum atomic E-state index is 0.588. The van der Waals surface area contributed by atoms with Crippen LogP contribution in [0.25, 0.3) is 17.2 Å². The lowest BCUT2D eigenvalue weighted by molar-refractivity contribution is 0.177. The molecule has 4 heterocycles. The van der Waals surface area contributed by atoms with E-state index in [1.165, 1.54) is 24.8 Å². The van der Waals surface area contributed by atoms with Crippen molar-refractivity contribution in [3.8, 4) is 11.6 Å². The van der Waals surface area contributed by atoms with Gasteiger partial charge in [-0.1, -0.05) is 37.3 Å². The van der Waals surface area contributed by atoms with E-state index >= 15 is 0 Å². The van der Waals surface area contributed by atoms with E-state index in [0.29, 0.717) is 11.6 Å². The molecule has 4 aromatic rings. The molecule has 32 heavy (non-hydrogen) atoms. The average Bonchev–Trinajstić information content (AvgIpc) is 3.51. The second-order valence-electron chi connectivity index (χ2n) is 8.59. The number of hydrogen-bond donors (Lipinski definition) is 1. The zero-order chi connectivity index (χ0) is 21.8. The summed E-state index contributed by atoms with van der Waals surface area (Å²) in [6, 6.07) is 14.6. The molecule has 0 aliphatic carbocycles. The summed E-state index contributed by atoms with van der Waals surface area (Å²) in [6.45, 7) is 6.00. The van der Waals surface area contributed by atoms with Gasteiger partial charge in [-0.05, 0) is 62.4 Å². The third-order valence-electron chi connectivity index (χ3n) is 6.18. The van der Waals surface area contributed by atoms with Gasteiger partial charge in [-0.3, -0.25) is 4.90 Å². The Labute approximate surface area is 188 Å². The predicted molar refractivity (Wildman–Crippen MR) is 125 cm³/mol. The van der Waals surface area contributed by atoms with Crippen molar-refractivity contribution in [2.45, 2.75) is 39.2 Å². The van der Waals surface area contributed by atoms with Crippen LogP contribution in [-0.2, 0) is 13.0 Å². The molecule has 7 heteroatoms. The Morgan fingerprint density at radius 2 is 1.94 bits per heavy atom. The van der Waals surface area contributed by atoms with Gasteiger partial charge >= 0.3 is 0 Å². The Kier molecular flexibility index (Phi) is 6.16. The first-order valence-electron chi connectivity index (χ1n) is 11.6. The van der Waals surface area contributed by atoms with Crippen molar-refractivity contribution in [2.75, 3.05) is 25.0 Å². The molecule has 7 nitrogen and oxygen atoms in total. The second-order valence-corrected chi connectivity index (χ2v) is 8.59. The minimum Gasteiger partial charge on any atom is -0.461 e. The van der Waals surface area contributed by atoms with Gasteiger partial charge in [0, 0.05) is 24.8 Å². The number of furan rings is 1. The van der Waals surface area contributed by atoms with Crippen LogP contribution in [0, 0.1) is 5.92 Å². The Hall–Kier alpha value is -3.19. The lowest BCUT2D eigenvalue weighted by Gasteiger charge is -2.32. The van der Waals surface area contributed by atoms with Gasteiger partial charge in [0.05, 0.1) is 6.26 Å². The van der Waals surface area contributed by atoms with Gasteiger partial charge in [0.1, 0.15) is 0 Å². The molecule has 5 rings (SSSR count). The van der Waals surface area contributed by atoms with E-state index in [0.717, 1.165) is 55.7 Å². The van der Waals surface area contributed by atoms with Crippen molar-refractivity contribution < 1.29 is 4.42 Å². The summed E-state index contributed by atoms with van der Waals surface area (Å²) >= 11 is 0. The molecule has 0 atom stereocenters. The molecule has 0 amide bonds. The van der Waals surface area contributed by atoms with Gasteiger partial charge < -0.3 is 9.73 Å². The number of hydrogen-bond acceptors (Lipinski definition) is 6. The molecule has 0 saturated carbocycles. The Balaban J connectivity index is 1.32. The van der Waals surface area contributed by atoms with E-state index in [2.05, 4.69) is 57.6 Å². The summed E-state index contributed by atoms with van der Waals surface area (Å²) in [4.78, 5) is 12.0. The molecule has 0 spiro atoms. The molecule has 0 radical (unpaired) electrons. The lowest BCUT2D eigenvalue weighted by atomic mass is 9.90.